The van der Waals surface area contributed by atoms with Gasteiger partial charge in [0.1, 0.15) is 5.75 Å². The molecule has 2 heterocycles. The van der Waals surface area contributed by atoms with Gasteiger partial charge >= 0.3 is 0 Å². The summed E-state index contributed by atoms with van der Waals surface area (Å²) in [6.45, 7) is 4.92. The molecular weight excluding hydrogens is 378 g/mol. The van der Waals surface area contributed by atoms with Gasteiger partial charge in [0.05, 0.1) is 20.3 Å². The largest absolute Gasteiger partial charge is 0.497 e. The maximum atomic E-state index is 12.8. The van der Waals surface area contributed by atoms with Crippen molar-refractivity contribution in [3.8, 4) is 5.75 Å². The van der Waals surface area contributed by atoms with E-state index in [-0.39, 0.29) is 11.8 Å². The molecule has 2 aromatic carbocycles. The number of methoxy groups -OCH3 is 1. The van der Waals surface area contributed by atoms with Crippen LogP contribution in [0.4, 0.5) is 0 Å². The van der Waals surface area contributed by atoms with E-state index < -0.39 is 0 Å². The van der Waals surface area contributed by atoms with E-state index in [0.717, 1.165) is 60.6 Å². The number of hydrogen-bond acceptors (Lipinski definition) is 4. The molecular formula is C24H29N3O3. The number of fused-ring (bicyclic) bond motifs is 1. The predicted octanol–water partition coefficient (Wildman–Crippen LogP) is 3.15. The monoisotopic (exact) mass is 407 g/mol. The maximum Gasteiger partial charge on any atom is 0.220 e. The van der Waals surface area contributed by atoms with Crippen molar-refractivity contribution in [1.29, 1.82) is 0 Å². The number of ether oxygens (including phenoxy) is 2. The van der Waals surface area contributed by atoms with E-state index in [4.69, 9.17) is 9.47 Å². The zero-order valence-electron chi connectivity index (χ0n) is 17.4. The van der Waals surface area contributed by atoms with Gasteiger partial charge in [0.25, 0.3) is 0 Å². The number of aromatic amines is 1. The number of hydrogen-bond donors (Lipinski definition) is 2. The molecule has 1 atom stereocenters. The molecule has 0 spiro atoms. The van der Waals surface area contributed by atoms with Crippen molar-refractivity contribution in [2.24, 2.45) is 0 Å². The minimum absolute atomic E-state index is 0.0320. The third kappa shape index (κ3) is 4.83. The lowest BCUT2D eigenvalue weighted by atomic mass is 9.88. The summed E-state index contributed by atoms with van der Waals surface area (Å²) in [6, 6.07) is 16.2. The fourth-order valence-corrected chi connectivity index (χ4v) is 4.06. The number of carbonyl (C=O) groups is 1. The Labute approximate surface area is 177 Å². The molecule has 0 aliphatic carbocycles. The molecule has 6 heteroatoms. The number of benzene rings is 2. The minimum Gasteiger partial charge on any atom is -0.497 e. The molecule has 1 fully saturated rings. The van der Waals surface area contributed by atoms with Crippen LogP contribution in [0.5, 0.6) is 5.75 Å². The van der Waals surface area contributed by atoms with Crippen LogP contribution in [-0.2, 0) is 9.53 Å². The second kappa shape index (κ2) is 9.78. The smallest absolute Gasteiger partial charge is 0.220 e. The van der Waals surface area contributed by atoms with Crippen molar-refractivity contribution in [2.45, 2.75) is 12.3 Å². The molecule has 1 saturated heterocycles. The van der Waals surface area contributed by atoms with Crippen molar-refractivity contribution in [3.63, 3.8) is 0 Å². The number of aromatic nitrogens is 1. The normalized spacial score (nSPS) is 15.8. The number of H-pyrrole nitrogens is 1. The van der Waals surface area contributed by atoms with Crippen LogP contribution in [0.25, 0.3) is 10.9 Å². The lowest BCUT2D eigenvalue weighted by molar-refractivity contribution is -0.121. The van der Waals surface area contributed by atoms with Crippen molar-refractivity contribution in [2.75, 3.05) is 46.5 Å². The average molecular weight is 408 g/mol. The Hall–Kier alpha value is -2.83. The molecule has 1 aliphatic rings. The number of carbonyl (C=O) groups excluding carboxylic acids is 1. The van der Waals surface area contributed by atoms with Crippen LogP contribution >= 0.6 is 0 Å². The van der Waals surface area contributed by atoms with Crippen LogP contribution in [0.1, 0.15) is 23.5 Å². The first kappa shape index (κ1) is 20.4. The standard InChI is InChI=1S/C24H29N3O3/c1-29-19-8-6-18(7-9-19)21(22-17-26-23-5-3-2-4-20(22)23)16-24(28)25-10-11-27-12-14-30-15-13-27/h2-9,17,21,26H,10-16H2,1H3,(H,25,28)/t21-/m1/s1. The van der Waals surface area contributed by atoms with E-state index in [0.29, 0.717) is 13.0 Å². The molecule has 30 heavy (non-hydrogen) atoms. The Balaban J connectivity index is 1.49. The lowest BCUT2D eigenvalue weighted by Gasteiger charge is -2.26. The number of nitrogens with one attached hydrogen (secondary N) is 2. The fourth-order valence-electron chi connectivity index (χ4n) is 4.06. The molecule has 6 nitrogen and oxygen atoms in total. The second-order valence-corrected chi connectivity index (χ2v) is 7.62. The van der Waals surface area contributed by atoms with Crippen molar-refractivity contribution in [1.82, 2.24) is 15.2 Å². The Morgan fingerprint density at radius 1 is 1.17 bits per heavy atom. The van der Waals surface area contributed by atoms with E-state index in [9.17, 15) is 4.79 Å². The van der Waals surface area contributed by atoms with Crippen LogP contribution in [-0.4, -0.2) is 62.3 Å². The topological polar surface area (TPSA) is 66.6 Å². The second-order valence-electron chi connectivity index (χ2n) is 7.62. The van der Waals surface area contributed by atoms with Crippen molar-refractivity contribution in [3.05, 3.63) is 65.9 Å². The van der Waals surface area contributed by atoms with Gasteiger partial charge in [0, 0.05) is 55.6 Å². The third-order valence-corrected chi connectivity index (χ3v) is 5.76. The first-order valence-corrected chi connectivity index (χ1v) is 10.5. The molecule has 4 rings (SSSR count). The predicted molar refractivity (Wildman–Crippen MR) is 118 cm³/mol. The van der Waals surface area contributed by atoms with Crippen LogP contribution in [0.15, 0.2) is 54.7 Å². The van der Waals surface area contributed by atoms with Gasteiger partial charge in [-0.15, -0.1) is 0 Å². The molecule has 0 bridgehead atoms. The lowest BCUT2D eigenvalue weighted by Crippen LogP contribution is -2.41. The van der Waals surface area contributed by atoms with Gasteiger partial charge in [-0.3, -0.25) is 9.69 Å². The van der Waals surface area contributed by atoms with Gasteiger partial charge in [-0.1, -0.05) is 30.3 Å². The zero-order chi connectivity index (χ0) is 20.8. The summed E-state index contributed by atoms with van der Waals surface area (Å²) in [5.41, 5.74) is 3.32. The summed E-state index contributed by atoms with van der Waals surface area (Å²) >= 11 is 0. The number of amides is 1. The summed E-state index contributed by atoms with van der Waals surface area (Å²) in [7, 11) is 1.66. The molecule has 0 saturated carbocycles. The first-order chi connectivity index (χ1) is 14.7. The highest BCUT2D eigenvalue weighted by Crippen LogP contribution is 2.34. The van der Waals surface area contributed by atoms with Crippen LogP contribution < -0.4 is 10.1 Å². The van der Waals surface area contributed by atoms with Crippen LogP contribution in [0, 0.1) is 0 Å². The Bertz CT molecular complexity index is 961. The number of morpholine rings is 1. The summed E-state index contributed by atoms with van der Waals surface area (Å²) in [6.07, 6.45) is 2.43. The number of rotatable bonds is 8. The van der Waals surface area contributed by atoms with Crippen molar-refractivity contribution < 1.29 is 14.3 Å². The van der Waals surface area contributed by atoms with E-state index in [1.807, 2.05) is 42.6 Å². The quantitative estimate of drug-likeness (QED) is 0.602. The third-order valence-electron chi connectivity index (χ3n) is 5.76. The molecule has 1 aromatic heterocycles. The average Bonchev–Trinajstić information content (AvgIpc) is 3.22. The highest BCUT2D eigenvalue weighted by Gasteiger charge is 2.21. The van der Waals surface area contributed by atoms with Gasteiger partial charge in [0.2, 0.25) is 5.91 Å². The van der Waals surface area contributed by atoms with Crippen LogP contribution in [0.2, 0.25) is 0 Å². The van der Waals surface area contributed by atoms with E-state index >= 15 is 0 Å². The number of para-hydroxylation sites is 1. The Morgan fingerprint density at radius 3 is 2.70 bits per heavy atom. The summed E-state index contributed by atoms with van der Waals surface area (Å²) in [5, 5.41) is 4.26. The highest BCUT2D eigenvalue weighted by molar-refractivity contribution is 5.86. The van der Waals surface area contributed by atoms with Gasteiger partial charge in [-0.05, 0) is 29.3 Å². The molecule has 2 N–H and O–H groups in total. The van der Waals surface area contributed by atoms with E-state index in [1.54, 1.807) is 7.11 Å². The zero-order valence-corrected chi connectivity index (χ0v) is 17.4. The van der Waals surface area contributed by atoms with Crippen LogP contribution in [0.3, 0.4) is 0 Å². The molecule has 0 radical (unpaired) electrons. The van der Waals surface area contributed by atoms with Gasteiger partial charge in [-0.2, -0.15) is 0 Å². The summed E-state index contributed by atoms with van der Waals surface area (Å²) in [5.74, 6) is 0.844. The minimum atomic E-state index is -0.0320. The number of nitrogens with zero attached hydrogens (tertiary/aromatic N) is 1. The SMILES string of the molecule is COc1ccc([C@@H](CC(=O)NCCN2CCOCC2)c2c[nH]c3ccccc23)cc1. The molecule has 158 valence electrons. The first-order valence-electron chi connectivity index (χ1n) is 10.5. The summed E-state index contributed by atoms with van der Waals surface area (Å²) in [4.78, 5) is 18.5. The van der Waals surface area contributed by atoms with Gasteiger partial charge < -0.3 is 19.8 Å². The van der Waals surface area contributed by atoms with Gasteiger partial charge in [-0.25, -0.2) is 0 Å². The molecule has 3 aromatic rings. The fraction of sp³-hybridized carbons (Fsp3) is 0.375. The Morgan fingerprint density at radius 2 is 1.93 bits per heavy atom. The maximum absolute atomic E-state index is 12.8. The van der Waals surface area contributed by atoms with E-state index in [2.05, 4.69) is 27.3 Å². The molecule has 1 amide bonds. The summed E-state index contributed by atoms with van der Waals surface area (Å²) < 4.78 is 10.7. The van der Waals surface area contributed by atoms with Crippen molar-refractivity contribution >= 4 is 16.8 Å². The molecule has 1 aliphatic heterocycles. The highest BCUT2D eigenvalue weighted by atomic mass is 16.5. The van der Waals surface area contributed by atoms with Gasteiger partial charge in [0.15, 0.2) is 0 Å². The van der Waals surface area contributed by atoms with E-state index in [1.165, 1.54) is 0 Å². The molecule has 0 unspecified atom stereocenters. The Kier molecular flexibility index (Phi) is 6.67.